The van der Waals surface area contributed by atoms with E-state index >= 15 is 0 Å². The Morgan fingerprint density at radius 3 is 3.07 bits per heavy atom. The molecule has 0 radical (unpaired) electrons. The lowest BCUT2D eigenvalue weighted by Crippen LogP contribution is -2.40. The van der Waals surface area contributed by atoms with Crippen LogP contribution in [0.15, 0.2) is 29.3 Å². The Balaban J connectivity index is 1.43. The van der Waals surface area contributed by atoms with Gasteiger partial charge in [-0.15, -0.1) is 10.2 Å². The highest BCUT2D eigenvalue weighted by Crippen LogP contribution is 2.31. The lowest BCUT2D eigenvalue weighted by Gasteiger charge is -2.26. The van der Waals surface area contributed by atoms with Crippen LogP contribution >= 0.6 is 0 Å². The van der Waals surface area contributed by atoms with Crippen molar-refractivity contribution >= 4 is 17.6 Å². The number of hydrogen-bond donors (Lipinski definition) is 3. The number of carbonyl (C=O) groups is 1. The zero-order valence-corrected chi connectivity index (χ0v) is 16.2. The molecule has 1 aromatic carbocycles. The molecule has 3 N–H and O–H groups in total. The second kappa shape index (κ2) is 8.41. The number of nitrogens with zero attached hydrogens (tertiary/aromatic N) is 4. The Kier molecular flexibility index (Phi) is 5.55. The van der Waals surface area contributed by atoms with Gasteiger partial charge in [-0.25, -0.2) is 4.99 Å². The van der Waals surface area contributed by atoms with Crippen molar-refractivity contribution in [3.05, 3.63) is 41.5 Å². The number of rotatable bonds is 5. The third-order valence-corrected chi connectivity index (χ3v) is 5.28. The van der Waals surface area contributed by atoms with E-state index < -0.39 is 0 Å². The summed E-state index contributed by atoms with van der Waals surface area (Å²) in [6.07, 6.45) is 3.82. The van der Waals surface area contributed by atoms with Crippen LogP contribution in [0.3, 0.4) is 0 Å². The number of aromatic nitrogens is 3. The fourth-order valence-corrected chi connectivity index (χ4v) is 3.88. The summed E-state index contributed by atoms with van der Waals surface area (Å²) in [6.45, 7) is 4.93. The molecule has 0 spiro atoms. The van der Waals surface area contributed by atoms with Crippen molar-refractivity contribution < 1.29 is 4.79 Å². The number of aryl methyl sites for hydroxylation is 1. The van der Waals surface area contributed by atoms with Gasteiger partial charge in [0.25, 0.3) is 0 Å². The van der Waals surface area contributed by atoms with Crippen molar-refractivity contribution in [2.45, 2.75) is 51.6 Å². The summed E-state index contributed by atoms with van der Waals surface area (Å²) >= 11 is 0. The maximum Gasteiger partial charge on any atom is 0.225 e. The molecule has 2 aliphatic heterocycles. The minimum atomic E-state index is 0.0579. The SMILES string of the molecule is CCNC(=NCc1nnc2n1CCCC2)NCC1CC(=O)Nc2ccccc21. The van der Waals surface area contributed by atoms with Gasteiger partial charge >= 0.3 is 0 Å². The van der Waals surface area contributed by atoms with Crippen molar-refractivity contribution in [2.24, 2.45) is 4.99 Å². The first-order valence-corrected chi connectivity index (χ1v) is 10.1. The van der Waals surface area contributed by atoms with Gasteiger partial charge in [0.05, 0.1) is 0 Å². The third-order valence-electron chi connectivity index (χ3n) is 5.28. The zero-order chi connectivity index (χ0) is 19.3. The molecule has 28 heavy (non-hydrogen) atoms. The molecule has 3 heterocycles. The number of benzene rings is 1. The Morgan fingerprint density at radius 2 is 2.18 bits per heavy atom. The second-order valence-corrected chi connectivity index (χ2v) is 7.25. The highest BCUT2D eigenvalue weighted by Gasteiger charge is 2.24. The van der Waals surface area contributed by atoms with Crippen LogP contribution in [-0.2, 0) is 24.3 Å². The van der Waals surface area contributed by atoms with E-state index in [1.165, 1.54) is 12.8 Å². The highest BCUT2D eigenvalue weighted by atomic mass is 16.1. The molecule has 0 saturated heterocycles. The number of amides is 1. The van der Waals surface area contributed by atoms with E-state index in [1.807, 2.05) is 25.1 Å². The van der Waals surface area contributed by atoms with Gasteiger partial charge in [-0.3, -0.25) is 4.79 Å². The average molecular weight is 381 g/mol. The van der Waals surface area contributed by atoms with Gasteiger partial charge in [-0.2, -0.15) is 0 Å². The first-order valence-electron chi connectivity index (χ1n) is 10.1. The molecule has 2 aliphatic rings. The van der Waals surface area contributed by atoms with E-state index in [-0.39, 0.29) is 11.8 Å². The maximum absolute atomic E-state index is 12.0. The Bertz CT molecular complexity index is 873. The number of carbonyl (C=O) groups excluding carboxylic acids is 1. The van der Waals surface area contributed by atoms with Gasteiger partial charge in [-0.1, -0.05) is 18.2 Å². The Morgan fingerprint density at radius 1 is 1.29 bits per heavy atom. The number of nitrogens with one attached hydrogen (secondary N) is 3. The van der Waals surface area contributed by atoms with Crippen LogP contribution < -0.4 is 16.0 Å². The van der Waals surface area contributed by atoms with Crippen LogP contribution in [0, 0.1) is 0 Å². The Hall–Kier alpha value is -2.90. The summed E-state index contributed by atoms with van der Waals surface area (Å²) in [5.74, 6) is 2.89. The summed E-state index contributed by atoms with van der Waals surface area (Å²) in [6, 6.07) is 7.98. The number of hydrogen-bond acceptors (Lipinski definition) is 4. The minimum Gasteiger partial charge on any atom is -0.357 e. The normalized spacial score (nSPS) is 18.8. The van der Waals surface area contributed by atoms with Gasteiger partial charge in [0.15, 0.2) is 11.8 Å². The van der Waals surface area contributed by atoms with Crippen LogP contribution in [0.1, 0.15) is 49.3 Å². The molecule has 0 saturated carbocycles. The molecule has 1 unspecified atom stereocenters. The summed E-state index contributed by atoms with van der Waals surface area (Å²) in [5.41, 5.74) is 2.07. The fourth-order valence-electron chi connectivity index (χ4n) is 3.88. The van der Waals surface area contributed by atoms with Gasteiger partial charge in [0.1, 0.15) is 12.4 Å². The number of aliphatic imine (C=N–C) groups is 1. The molecule has 4 rings (SSSR count). The minimum absolute atomic E-state index is 0.0579. The van der Waals surface area contributed by atoms with Crippen LogP contribution in [0.25, 0.3) is 0 Å². The molecule has 148 valence electrons. The van der Waals surface area contributed by atoms with Crippen molar-refractivity contribution in [1.29, 1.82) is 0 Å². The van der Waals surface area contributed by atoms with Crippen molar-refractivity contribution in [1.82, 2.24) is 25.4 Å². The smallest absolute Gasteiger partial charge is 0.225 e. The summed E-state index contributed by atoms with van der Waals surface area (Å²) in [4.78, 5) is 16.7. The Labute approximate surface area is 164 Å². The molecule has 0 aliphatic carbocycles. The van der Waals surface area contributed by atoms with Gasteiger partial charge in [0.2, 0.25) is 5.91 Å². The molecule has 1 amide bonds. The highest BCUT2D eigenvalue weighted by molar-refractivity contribution is 5.94. The standard InChI is InChI=1S/C20H27N7O/c1-2-21-20(23-13-18-26-25-17-9-5-6-10-27(17)18)22-12-14-11-19(28)24-16-8-4-3-7-15(14)16/h3-4,7-8,14H,2,5-6,9-13H2,1H3,(H,24,28)(H2,21,22,23). The zero-order valence-electron chi connectivity index (χ0n) is 16.2. The molecule has 8 nitrogen and oxygen atoms in total. The molecule has 2 aromatic rings. The number of anilines is 1. The average Bonchev–Trinajstić information content (AvgIpc) is 3.13. The third kappa shape index (κ3) is 4.00. The van der Waals surface area contributed by atoms with Gasteiger partial charge in [0, 0.05) is 44.1 Å². The quantitative estimate of drug-likeness (QED) is 0.542. The summed E-state index contributed by atoms with van der Waals surface area (Å²) < 4.78 is 2.19. The number of fused-ring (bicyclic) bond motifs is 2. The molecule has 0 fully saturated rings. The molecule has 1 atom stereocenters. The van der Waals surface area contributed by atoms with Crippen LogP contribution in [0.4, 0.5) is 5.69 Å². The second-order valence-electron chi connectivity index (χ2n) is 7.25. The predicted octanol–water partition coefficient (Wildman–Crippen LogP) is 1.80. The molecule has 1 aromatic heterocycles. The maximum atomic E-state index is 12.0. The molecule has 8 heteroatoms. The first kappa shape index (κ1) is 18.5. The molecular formula is C20H27N7O. The first-order chi connectivity index (χ1) is 13.7. The predicted molar refractivity (Wildman–Crippen MR) is 108 cm³/mol. The fraction of sp³-hybridized carbons (Fsp3) is 0.500. The molecule has 0 bridgehead atoms. The van der Waals surface area contributed by atoms with E-state index in [0.29, 0.717) is 19.5 Å². The lowest BCUT2D eigenvalue weighted by molar-refractivity contribution is -0.116. The number of para-hydroxylation sites is 1. The summed E-state index contributed by atoms with van der Waals surface area (Å²) in [5, 5.41) is 18.2. The van der Waals surface area contributed by atoms with E-state index in [1.54, 1.807) is 0 Å². The van der Waals surface area contributed by atoms with Gasteiger partial charge in [-0.05, 0) is 31.4 Å². The van der Waals surface area contributed by atoms with E-state index in [9.17, 15) is 4.79 Å². The van der Waals surface area contributed by atoms with E-state index in [2.05, 4.69) is 36.8 Å². The summed E-state index contributed by atoms with van der Waals surface area (Å²) in [7, 11) is 0. The van der Waals surface area contributed by atoms with Crippen molar-refractivity contribution in [3.63, 3.8) is 0 Å². The van der Waals surface area contributed by atoms with E-state index in [0.717, 1.165) is 48.4 Å². The van der Waals surface area contributed by atoms with Crippen LogP contribution in [-0.4, -0.2) is 39.7 Å². The largest absolute Gasteiger partial charge is 0.357 e. The van der Waals surface area contributed by atoms with Crippen LogP contribution in [0.5, 0.6) is 0 Å². The topological polar surface area (TPSA) is 96.2 Å². The van der Waals surface area contributed by atoms with Crippen molar-refractivity contribution in [2.75, 3.05) is 18.4 Å². The van der Waals surface area contributed by atoms with Crippen LogP contribution in [0.2, 0.25) is 0 Å². The molecular weight excluding hydrogens is 354 g/mol. The number of guanidine groups is 1. The monoisotopic (exact) mass is 381 g/mol. The van der Waals surface area contributed by atoms with Gasteiger partial charge < -0.3 is 20.5 Å². The van der Waals surface area contributed by atoms with Crippen molar-refractivity contribution in [3.8, 4) is 0 Å². The lowest BCUT2D eigenvalue weighted by atomic mass is 9.90. The van der Waals surface area contributed by atoms with E-state index in [4.69, 9.17) is 4.99 Å².